The minimum Gasteiger partial charge on any atom is -0.453 e. The molecule has 0 spiro atoms. The number of benzene rings is 1. The number of aryl methyl sites for hydroxylation is 1. The van der Waals surface area contributed by atoms with Gasteiger partial charge in [-0.05, 0) is 39.0 Å². The molecule has 1 fully saturated rings. The molecule has 0 amide bonds. The Kier molecular flexibility index (Phi) is 10.9. The highest BCUT2D eigenvalue weighted by Crippen LogP contribution is 2.57. The van der Waals surface area contributed by atoms with Gasteiger partial charge < -0.3 is 28.0 Å². The van der Waals surface area contributed by atoms with Crippen LogP contribution in [0.25, 0.3) is 0 Å². The van der Waals surface area contributed by atoms with Crippen LogP contribution in [0.3, 0.4) is 0 Å². The van der Waals surface area contributed by atoms with Gasteiger partial charge >= 0.3 is 19.3 Å². The molecule has 0 radical (unpaired) electrons. The summed E-state index contributed by atoms with van der Waals surface area (Å²) in [4.78, 5) is 39.9. The Hall–Kier alpha value is -2.93. The fourth-order valence-corrected chi connectivity index (χ4v) is 5.20. The van der Waals surface area contributed by atoms with E-state index in [1.165, 1.54) is 46.2 Å². The van der Waals surface area contributed by atoms with E-state index in [4.69, 9.17) is 28.0 Å². The number of aromatic nitrogens is 2. The first-order valence-electron chi connectivity index (χ1n) is 12.3. The van der Waals surface area contributed by atoms with Gasteiger partial charge in [-0.15, -0.1) is 0 Å². The van der Waals surface area contributed by atoms with Crippen LogP contribution in [-0.2, 0) is 32.6 Å². The van der Waals surface area contributed by atoms with E-state index < -0.39 is 54.9 Å². The van der Waals surface area contributed by atoms with E-state index in [0.29, 0.717) is 0 Å². The summed E-state index contributed by atoms with van der Waals surface area (Å²) in [5.41, 5.74) is -2.31. The maximum atomic E-state index is 15.4. The van der Waals surface area contributed by atoms with Gasteiger partial charge in [-0.2, -0.15) is 4.39 Å². The molecular weight excluding hydrogens is 538 g/mol. The summed E-state index contributed by atoms with van der Waals surface area (Å²) in [6, 6.07) is 8.04. The molecule has 1 N–H and O–H groups in total. The minimum atomic E-state index is -4.35. The maximum Gasteiger partial charge on any atom is 0.389 e. The van der Waals surface area contributed by atoms with Crippen molar-refractivity contribution in [1.82, 2.24) is 9.55 Å². The van der Waals surface area contributed by atoms with E-state index >= 15 is 4.39 Å². The first kappa shape index (κ1) is 30.6. The van der Waals surface area contributed by atoms with Crippen molar-refractivity contribution in [3.05, 3.63) is 80.1 Å². The van der Waals surface area contributed by atoms with Crippen LogP contribution in [-0.4, -0.2) is 67.4 Å². The average Bonchev–Trinajstić information content (AvgIpc) is 3.23. The summed E-state index contributed by atoms with van der Waals surface area (Å²) in [5, 5.41) is 0. The third-order valence-electron chi connectivity index (χ3n) is 5.66. The predicted octanol–water partition coefficient (Wildman–Crippen LogP) is 3.08. The molecule has 2 heterocycles. The van der Waals surface area contributed by atoms with Gasteiger partial charge in [0.1, 0.15) is 12.2 Å². The number of H-pyrrole nitrogens is 1. The molecule has 0 bridgehead atoms. The van der Waals surface area contributed by atoms with Gasteiger partial charge in [0.25, 0.3) is 5.56 Å². The number of carbonyl (C=O) groups is 1. The van der Waals surface area contributed by atoms with Crippen molar-refractivity contribution >= 4 is 13.6 Å². The number of aromatic amines is 1. The zero-order chi connectivity index (χ0) is 28.6. The molecule has 0 saturated carbocycles. The molecule has 39 heavy (non-hydrogen) atoms. The summed E-state index contributed by atoms with van der Waals surface area (Å²) in [6.07, 6.45) is -3.12. The molecule has 214 valence electrons. The average molecular weight is 571 g/mol. The maximum absolute atomic E-state index is 15.4. The summed E-state index contributed by atoms with van der Waals surface area (Å²) in [7, 11) is -2.89. The highest BCUT2D eigenvalue weighted by molar-refractivity contribution is 7.58. The fraction of sp³-hybridized carbons (Fsp3) is 0.480. The van der Waals surface area contributed by atoms with Crippen LogP contribution in [0.5, 0.6) is 0 Å². The van der Waals surface area contributed by atoms with Crippen LogP contribution < -0.4 is 11.2 Å². The second-order valence-electron chi connectivity index (χ2n) is 8.36. The normalized spacial score (nSPS) is 21.7. The van der Waals surface area contributed by atoms with Gasteiger partial charge in [-0.25, -0.2) is 9.59 Å². The molecule has 1 aliphatic heterocycles. The molecule has 1 saturated heterocycles. The molecule has 3 rings (SSSR count). The zero-order valence-corrected chi connectivity index (χ0v) is 22.9. The van der Waals surface area contributed by atoms with E-state index in [1.807, 2.05) is 0 Å². The predicted molar refractivity (Wildman–Crippen MR) is 137 cm³/mol. The lowest BCUT2D eigenvalue weighted by Gasteiger charge is -2.25. The first-order valence-corrected chi connectivity index (χ1v) is 13.8. The van der Waals surface area contributed by atoms with E-state index in [9.17, 15) is 18.9 Å². The van der Waals surface area contributed by atoms with Crippen molar-refractivity contribution in [2.75, 3.05) is 33.5 Å². The molecular formula is C25H32FN2O10P. The van der Waals surface area contributed by atoms with Crippen LogP contribution in [0.2, 0.25) is 0 Å². The van der Waals surface area contributed by atoms with Crippen LogP contribution in [0.15, 0.2) is 57.8 Å². The number of methoxy groups -OCH3 is 1. The number of hydrogen-bond donors (Lipinski definition) is 1. The zero-order valence-electron chi connectivity index (χ0n) is 22.0. The van der Waals surface area contributed by atoms with E-state index in [-0.39, 0.29) is 37.6 Å². The largest absolute Gasteiger partial charge is 0.453 e. The SMILES string of the molecule is CCOP(=O)(OCC)/C(F)=C/[C@H]1O[C@@H](n2cc(C)c(=O)[nH]c2=O)[C@H](OCCOC)[C@@H]1OC(=O)c1ccccc1. The third-order valence-corrected chi connectivity index (χ3v) is 7.53. The number of hydrogen-bond acceptors (Lipinski definition) is 10. The molecule has 4 atom stereocenters. The number of ether oxygens (including phenoxy) is 4. The van der Waals surface area contributed by atoms with Crippen LogP contribution in [0.4, 0.5) is 4.39 Å². The Morgan fingerprint density at radius 3 is 2.41 bits per heavy atom. The monoisotopic (exact) mass is 570 g/mol. The summed E-state index contributed by atoms with van der Waals surface area (Å²) < 4.78 is 62.3. The summed E-state index contributed by atoms with van der Waals surface area (Å²) >= 11 is 0. The minimum absolute atomic E-state index is 0.00714. The Morgan fingerprint density at radius 2 is 1.79 bits per heavy atom. The van der Waals surface area contributed by atoms with E-state index in [1.54, 1.807) is 18.2 Å². The molecule has 2 aromatic rings. The van der Waals surface area contributed by atoms with Crippen molar-refractivity contribution in [2.24, 2.45) is 0 Å². The number of nitrogens with zero attached hydrogens (tertiary/aromatic N) is 1. The second kappa shape index (κ2) is 13.9. The Labute approximate surface area is 224 Å². The van der Waals surface area contributed by atoms with Crippen molar-refractivity contribution in [2.45, 2.75) is 45.3 Å². The Morgan fingerprint density at radius 1 is 1.13 bits per heavy atom. The Balaban J connectivity index is 2.10. The van der Waals surface area contributed by atoms with Gasteiger partial charge in [0.2, 0.25) is 5.57 Å². The van der Waals surface area contributed by atoms with Gasteiger partial charge in [0.05, 0.1) is 32.0 Å². The van der Waals surface area contributed by atoms with Gasteiger partial charge in [-0.3, -0.25) is 18.9 Å². The van der Waals surface area contributed by atoms with Gasteiger partial charge in [0, 0.05) is 18.9 Å². The molecule has 0 unspecified atom stereocenters. The number of esters is 1. The van der Waals surface area contributed by atoms with Crippen molar-refractivity contribution in [3.8, 4) is 0 Å². The van der Waals surface area contributed by atoms with Crippen LogP contribution in [0.1, 0.15) is 36.0 Å². The third kappa shape index (κ3) is 7.38. The molecule has 1 aliphatic rings. The van der Waals surface area contributed by atoms with E-state index in [2.05, 4.69) is 4.98 Å². The number of halogens is 1. The summed E-state index contributed by atoms with van der Waals surface area (Å²) in [6.45, 7) is 4.45. The van der Waals surface area contributed by atoms with Gasteiger partial charge in [-0.1, -0.05) is 18.2 Å². The topological polar surface area (TPSA) is 144 Å². The lowest BCUT2D eigenvalue weighted by molar-refractivity contribution is -0.0812. The number of rotatable bonds is 13. The quantitative estimate of drug-likeness (QED) is 0.217. The molecule has 14 heteroatoms. The number of carbonyl (C=O) groups excluding carboxylic acids is 1. The molecule has 1 aromatic carbocycles. The molecule has 12 nitrogen and oxygen atoms in total. The smallest absolute Gasteiger partial charge is 0.389 e. The summed E-state index contributed by atoms with van der Waals surface area (Å²) in [5.74, 6) is -0.771. The lowest BCUT2D eigenvalue weighted by atomic mass is 10.1. The molecule has 0 aliphatic carbocycles. The second-order valence-corrected chi connectivity index (χ2v) is 10.3. The lowest BCUT2D eigenvalue weighted by Crippen LogP contribution is -2.41. The van der Waals surface area contributed by atoms with Gasteiger partial charge in [0.15, 0.2) is 12.3 Å². The Bertz CT molecular complexity index is 1300. The first-order chi connectivity index (χ1) is 18.6. The van der Waals surface area contributed by atoms with E-state index in [0.717, 1.165) is 10.6 Å². The van der Waals surface area contributed by atoms with Crippen LogP contribution >= 0.6 is 7.60 Å². The highest BCUT2D eigenvalue weighted by atomic mass is 31.2. The van der Waals surface area contributed by atoms with Crippen LogP contribution in [0, 0.1) is 6.92 Å². The van der Waals surface area contributed by atoms with Crippen molar-refractivity contribution in [1.29, 1.82) is 0 Å². The van der Waals surface area contributed by atoms with Crippen molar-refractivity contribution in [3.63, 3.8) is 0 Å². The van der Waals surface area contributed by atoms with Crippen molar-refractivity contribution < 1.29 is 41.7 Å². The fourth-order valence-electron chi connectivity index (χ4n) is 3.87. The number of nitrogens with one attached hydrogen (secondary N) is 1. The standard InChI is InChI=1S/C25H32FN2O10P/c1-5-35-39(32,36-6-2)19(26)14-18-20(38-24(30)17-10-8-7-9-11-17)21(34-13-12-33-4)23(37-18)28-15-16(3)22(29)27-25(28)31/h7-11,14-15,18,20-21,23H,5-6,12-13H2,1-4H3,(H,27,29,31)/b19-14+/t18-,20-,21-,23-/m1/s1. The highest BCUT2D eigenvalue weighted by Gasteiger charge is 2.50. The molecule has 1 aromatic heterocycles.